The number of hydrogen-bond donors (Lipinski definition) is 1. The van der Waals surface area contributed by atoms with Crippen molar-refractivity contribution in [2.45, 2.75) is 38.6 Å². The van der Waals surface area contributed by atoms with Crippen molar-refractivity contribution in [1.29, 1.82) is 0 Å². The van der Waals surface area contributed by atoms with Crippen LogP contribution in [0.5, 0.6) is 0 Å². The average molecular weight is 339 g/mol. The minimum absolute atomic E-state index is 0.594. The highest BCUT2D eigenvalue weighted by atomic mass is 15.3. The van der Waals surface area contributed by atoms with Crippen molar-refractivity contribution < 1.29 is 0 Å². The lowest BCUT2D eigenvalue weighted by Gasteiger charge is -2.37. The first-order valence-electron chi connectivity index (χ1n) is 9.74. The van der Waals surface area contributed by atoms with Crippen molar-refractivity contribution in [2.24, 2.45) is 5.92 Å². The molecule has 5 heteroatoms. The molecule has 1 aliphatic heterocycles. The van der Waals surface area contributed by atoms with E-state index in [0.29, 0.717) is 5.82 Å². The maximum atomic E-state index is 6.11. The van der Waals surface area contributed by atoms with E-state index >= 15 is 0 Å². The van der Waals surface area contributed by atoms with Crippen LogP contribution in [-0.2, 0) is 6.54 Å². The Hall–Kier alpha value is -1.72. The fraction of sp³-hybridized carbons (Fsp3) is 0.600. The molecule has 134 valence electrons. The summed E-state index contributed by atoms with van der Waals surface area (Å²) in [5.41, 5.74) is 7.06. The lowest BCUT2D eigenvalue weighted by Crippen LogP contribution is -2.47. The summed E-state index contributed by atoms with van der Waals surface area (Å²) in [4.78, 5) is 14.3. The molecule has 4 rings (SSSR count). The predicted octanol–water partition coefficient (Wildman–Crippen LogP) is 2.91. The van der Waals surface area contributed by atoms with E-state index < -0.39 is 0 Å². The Morgan fingerprint density at radius 1 is 0.920 bits per heavy atom. The highest BCUT2D eigenvalue weighted by molar-refractivity contribution is 5.87. The van der Waals surface area contributed by atoms with Gasteiger partial charge in [0.15, 0.2) is 0 Å². The second-order valence-electron chi connectivity index (χ2n) is 7.62. The molecule has 0 unspecified atom stereocenters. The summed E-state index contributed by atoms with van der Waals surface area (Å²) in [5.74, 6) is 2.37. The van der Waals surface area contributed by atoms with Crippen LogP contribution in [0.2, 0.25) is 0 Å². The zero-order valence-corrected chi connectivity index (χ0v) is 15.0. The van der Waals surface area contributed by atoms with Crippen LogP contribution in [0, 0.1) is 5.92 Å². The predicted molar refractivity (Wildman–Crippen MR) is 102 cm³/mol. The van der Waals surface area contributed by atoms with Gasteiger partial charge in [-0.25, -0.2) is 9.97 Å². The normalized spacial score (nSPS) is 21.0. The number of piperazine rings is 1. The molecule has 0 amide bonds. The molecule has 0 atom stereocenters. The van der Waals surface area contributed by atoms with Gasteiger partial charge in [0, 0.05) is 38.1 Å². The monoisotopic (exact) mass is 339 g/mol. The van der Waals surface area contributed by atoms with Crippen LogP contribution in [0.15, 0.2) is 24.3 Å². The molecule has 2 aliphatic rings. The van der Waals surface area contributed by atoms with E-state index in [2.05, 4.69) is 14.8 Å². The number of hydrogen-bond acceptors (Lipinski definition) is 5. The third-order valence-electron chi connectivity index (χ3n) is 5.75. The molecule has 25 heavy (non-hydrogen) atoms. The molecule has 1 aliphatic carbocycles. The van der Waals surface area contributed by atoms with E-state index in [0.717, 1.165) is 42.3 Å². The topological polar surface area (TPSA) is 58.3 Å². The number of nitrogen functional groups attached to an aromatic ring is 1. The van der Waals surface area contributed by atoms with Crippen LogP contribution in [0.1, 0.15) is 37.9 Å². The Morgan fingerprint density at radius 3 is 2.44 bits per heavy atom. The number of para-hydroxylation sites is 1. The van der Waals surface area contributed by atoms with Crippen LogP contribution < -0.4 is 5.73 Å². The van der Waals surface area contributed by atoms with Gasteiger partial charge in [0.1, 0.15) is 11.6 Å². The van der Waals surface area contributed by atoms with Crippen molar-refractivity contribution >= 4 is 16.7 Å². The van der Waals surface area contributed by atoms with Crippen molar-refractivity contribution in [2.75, 3.05) is 38.5 Å². The number of nitrogens with two attached hydrogens (primary N) is 1. The summed E-state index contributed by atoms with van der Waals surface area (Å²) in [6, 6.07) is 7.98. The fourth-order valence-corrected chi connectivity index (χ4v) is 4.29. The van der Waals surface area contributed by atoms with Gasteiger partial charge in [-0.15, -0.1) is 0 Å². The Balaban J connectivity index is 1.32. The number of anilines is 1. The van der Waals surface area contributed by atoms with Crippen molar-refractivity contribution in [3.63, 3.8) is 0 Å². The first-order chi connectivity index (χ1) is 12.3. The highest BCUT2D eigenvalue weighted by Gasteiger charge is 2.22. The minimum Gasteiger partial charge on any atom is -0.383 e. The van der Waals surface area contributed by atoms with Crippen LogP contribution >= 0.6 is 0 Å². The van der Waals surface area contributed by atoms with E-state index in [4.69, 9.17) is 10.7 Å². The standard InChI is InChI=1S/C20H29N5/c21-20-17-8-4-5-9-18(17)22-19(23-20)15-25-12-10-24(11-13-25)14-16-6-2-1-3-7-16/h4-5,8-9,16H,1-3,6-7,10-15H2,(H2,21,22,23). The maximum absolute atomic E-state index is 6.11. The molecule has 0 spiro atoms. The molecule has 2 aromatic rings. The van der Waals surface area contributed by atoms with E-state index in [1.165, 1.54) is 51.7 Å². The van der Waals surface area contributed by atoms with Gasteiger partial charge in [-0.05, 0) is 30.9 Å². The summed E-state index contributed by atoms with van der Waals surface area (Å²) in [7, 11) is 0. The first-order valence-corrected chi connectivity index (χ1v) is 9.74. The summed E-state index contributed by atoms with van der Waals surface area (Å²) >= 11 is 0. The molecule has 1 saturated heterocycles. The van der Waals surface area contributed by atoms with Gasteiger partial charge in [0.25, 0.3) is 0 Å². The molecule has 1 saturated carbocycles. The molecular formula is C20H29N5. The Morgan fingerprint density at radius 2 is 1.64 bits per heavy atom. The molecular weight excluding hydrogens is 310 g/mol. The summed E-state index contributed by atoms with van der Waals surface area (Å²) < 4.78 is 0. The minimum atomic E-state index is 0.594. The van der Waals surface area contributed by atoms with E-state index in [1.54, 1.807) is 0 Å². The quantitative estimate of drug-likeness (QED) is 0.928. The molecule has 2 fully saturated rings. The van der Waals surface area contributed by atoms with Crippen LogP contribution in [0.4, 0.5) is 5.82 Å². The number of fused-ring (bicyclic) bond motifs is 1. The number of rotatable bonds is 4. The van der Waals surface area contributed by atoms with E-state index in [1.807, 2.05) is 24.3 Å². The molecule has 2 N–H and O–H groups in total. The molecule has 1 aromatic carbocycles. The van der Waals surface area contributed by atoms with Crippen LogP contribution in [-0.4, -0.2) is 52.5 Å². The molecule has 0 bridgehead atoms. The zero-order valence-electron chi connectivity index (χ0n) is 15.0. The van der Waals surface area contributed by atoms with Crippen molar-refractivity contribution in [3.8, 4) is 0 Å². The van der Waals surface area contributed by atoms with Gasteiger partial charge in [-0.2, -0.15) is 0 Å². The number of aromatic nitrogens is 2. The zero-order chi connectivity index (χ0) is 17.1. The molecule has 1 aromatic heterocycles. The molecule has 2 heterocycles. The second-order valence-corrected chi connectivity index (χ2v) is 7.62. The Bertz CT molecular complexity index is 702. The third kappa shape index (κ3) is 4.10. The Labute approximate surface area is 150 Å². The van der Waals surface area contributed by atoms with Gasteiger partial charge in [0.2, 0.25) is 0 Å². The van der Waals surface area contributed by atoms with Crippen molar-refractivity contribution in [1.82, 2.24) is 19.8 Å². The second kappa shape index (κ2) is 7.67. The lowest BCUT2D eigenvalue weighted by molar-refractivity contribution is 0.104. The van der Waals surface area contributed by atoms with Crippen molar-refractivity contribution in [3.05, 3.63) is 30.1 Å². The SMILES string of the molecule is Nc1nc(CN2CCN(CC3CCCCC3)CC2)nc2ccccc12. The fourth-order valence-electron chi connectivity index (χ4n) is 4.29. The van der Waals surface area contributed by atoms with Gasteiger partial charge in [-0.1, -0.05) is 31.4 Å². The number of nitrogens with zero attached hydrogens (tertiary/aromatic N) is 4. The summed E-state index contributed by atoms with van der Waals surface area (Å²) in [5, 5.41) is 0.948. The summed E-state index contributed by atoms with van der Waals surface area (Å²) in [6.07, 6.45) is 7.19. The lowest BCUT2D eigenvalue weighted by atomic mass is 9.89. The van der Waals surface area contributed by atoms with Gasteiger partial charge < -0.3 is 10.6 Å². The first kappa shape index (κ1) is 16.7. The van der Waals surface area contributed by atoms with Gasteiger partial charge in [-0.3, -0.25) is 4.90 Å². The highest BCUT2D eigenvalue weighted by Crippen LogP contribution is 2.25. The molecule has 5 nitrogen and oxygen atoms in total. The number of benzene rings is 1. The maximum Gasteiger partial charge on any atom is 0.145 e. The van der Waals surface area contributed by atoms with E-state index in [-0.39, 0.29) is 0 Å². The average Bonchev–Trinajstić information content (AvgIpc) is 2.64. The smallest absolute Gasteiger partial charge is 0.145 e. The van der Waals surface area contributed by atoms with Gasteiger partial charge in [0.05, 0.1) is 12.1 Å². The summed E-state index contributed by atoms with van der Waals surface area (Å²) in [6.45, 7) is 6.63. The third-order valence-corrected chi connectivity index (χ3v) is 5.75. The van der Waals surface area contributed by atoms with Gasteiger partial charge >= 0.3 is 0 Å². The molecule has 0 radical (unpaired) electrons. The van der Waals surface area contributed by atoms with Crippen LogP contribution in [0.25, 0.3) is 10.9 Å². The Kier molecular flexibility index (Phi) is 5.13. The largest absolute Gasteiger partial charge is 0.383 e. The van der Waals surface area contributed by atoms with E-state index in [9.17, 15) is 0 Å². The van der Waals surface area contributed by atoms with Crippen LogP contribution in [0.3, 0.4) is 0 Å².